The zero-order chi connectivity index (χ0) is 10.8. The Balaban J connectivity index is 2.16. The van der Waals surface area contributed by atoms with Crippen molar-refractivity contribution in [2.24, 2.45) is 0 Å². The molecule has 0 fully saturated rings. The molecule has 0 unspecified atom stereocenters. The maximum Gasteiger partial charge on any atom is 0.276 e. The summed E-state index contributed by atoms with van der Waals surface area (Å²) < 4.78 is 0. The number of aryl methyl sites for hydroxylation is 1. The van der Waals surface area contributed by atoms with Gasteiger partial charge in [0.1, 0.15) is 5.69 Å². The summed E-state index contributed by atoms with van der Waals surface area (Å²) in [5.74, 6) is 0.330. The third-order valence-corrected chi connectivity index (χ3v) is 2.74. The number of carbonyl (C=O) groups excluding carboxylic acids is 1. The Morgan fingerprint density at radius 1 is 1.53 bits per heavy atom. The van der Waals surface area contributed by atoms with Crippen LogP contribution in [0.25, 0.3) is 0 Å². The molecule has 78 valence electrons. The number of aromatic amines is 1. The number of carbonyl (C=O) groups is 1. The Hall–Kier alpha value is -1.69. The lowest BCUT2D eigenvalue weighted by molar-refractivity contribution is 0.102. The largest absolute Gasteiger partial charge is 0.303 e. The molecule has 6 heteroatoms. The van der Waals surface area contributed by atoms with Gasteiger partial charge in [0.15, 0.2) is 5.82 Å². The highest BCUT2D eigenvalue weighted by atomic mass is 32.1. The second kappa shape index (κ2) is 3.82. The van der Waals surface area contributed by atoms with E-state index in [-0.39, 0.29) is 5.91 Å². The quantitative estimate of drug-likeness (QED) is 0.813. The number of thiazole rings is 1. The van der Waals surface area contributed by atoms with E-state index in [1.54, 1.807) is 10.9 Å². The summed E-state index contributed by atoms with van der Waals surface area (Å²) in [6, 6.07) is 0. The van der Waals surface area contributed by atoms with Crippen LogP contribution in [0.2, 0.25) is 0 Å². The van der Waals surface area contributed by atoms with E-state index in [0.717, 1.165) is 11.3 Å². The maximum atomic E-state index is 11.6. The first-order valence-electron chi connectivity index (χ1n) is 4.39. The van der Waals surface area contributed by atoms with Gasteiger partial charge in [-0.05, 0) is 13.8 Å². The standard InChI is InChI=1S/C9H10N4OS/c1-5-6(2)12-13-8(5)11-9(14)7-3-15-4-10-7/h3-4H,1-2H3,(H2,11,12,13,14). The average molecular weight is 222 g/mol. The number of nitrogens with zero attached hydrogens (tertiary/aromatic N) is 2. The van der Waals surface area contributed by atoms with Crippen LogP contribution in [-0.2, 0) is 0 Å². The number of anilines is 1. The number of nitrogens with one attached hydrogen (secondary N) is 2. The molecule has 0 radical (unpaired) electrons. The predicted octanol–water partition coefficient (Wildman–Crippen LogP) is 1.74. The molecule has 2 aromatic rings. The van der Waals surface area contributed by atoms with Crippen LogP contribution in [0.5, 0.6) is 0 Å². The van der Waals surface area contributed by atoms with Crippen molar-refractivity contribution in [1.29, 1.82) is 0 Å². The first kappa shape index (κ1) is 9.85. The molecule has 0 saturated carbocycles. The summed E-state index contributed by atoms with van der Waals surface area (Å²) in [5.41, 5.74) is 3.93. The smallest absolute Gasteiger partial charge is 0.276 e. The maximum absolute atomic E-state index is 11.6. The van der Waals surface area contributed by atoms with E-state index in [1.165, 1.54) is 11.3 Å². The second-order valence-corrected chi connectivity index (χ2v) is 3.87. The minimum absolute atomic E-state index is 0.231. The number of hydrogen-bond acceptors (Lipinski definition) is 4. The Bertz CT molecular complexity index is 474. The van der Waals surface area contributed by atoms with Gasteiger partial charge in [-0.25, -0.2) is 4.98 Å². The summed E-state index contributed by atoms with van der Waals surface area (Å²) >= 11 is 1.39. The SMILES string of the molecule is Cc1[nH]nc(NC(=O)c2cscn2)c1C. The first-order valence-corrected chi connectivity index (χ1v) is 5.34. The van der Waals surface area contributed by atoms with Crippen molar-refractivity contribution in [3.05, 3.63) is 27.8 Å². The summed E-state index contributed by atoms with van der Waals surface area (Å²) in [4.78, 5) is 15.5. The summed E-state index contributed by atoms with van der Waals surface area (Å²) in [5, 5.41) is 11.2. The van der Waals surface area contributed by atoms with Crippen molar-refractivity contribution in [3.63, 3.8) is 0 Å². The molecule has 0 aliphatic carbocycles. The predicted molar refractivity (Wildman–Crippen MR) is 58.1 cm³/mol. The van der Waals surface area contributed by atoms with Crippen molar-refractivity contribution >= 4 is 23.1 Å². The van der Waals surface area contributed by atoms with Gasteiger partial charge in [0.2, 0.25) is 0 Å². The van der Waals surface area contributed by atoms with Crippen molar-refractivity contribution in [1.82, 2.24) is 15.2 Å². The van der Waals surface area contributed by atoms with E-state index in [0.29, 0.717) is 11.5 Å². The molecule has 0 aliphatic heterocycles. The van der Waals surface area contributed by atoms with Crippen molar-refractivity contribution in [2.45, 2.75) is 13.8 Å². The zero-order valence-electron chi connectivity index (χ0n) is 8.37. The van der Waals surface area contributed by atoms with Crippen LogP contribution < -0.4 is 5.32 Å². The third kappa shape index (κ3) is 1.89. The van der Waals surface area contributed by atoms with E-state index in [2.05, 4.69) is 20.5 Å². The van der Waals surface area contributed by atoms with Gasteiger partial charge in [0.25, 0.3) is 5.91 Å². The summed E-state index contributed by atoms with van der Waals surface area (Å²) in [6.45, 7) is 3.80. The number of amides is 1. The molecule has 0 aliphatic rings. The molecule has 0 aromatic carbocycles. The van der Waals surface area contributed by atoms with Crippen molar-refractivity contribution in [2.75, 3.05) is 5.32 Å². The molecule has 0 atom stereocenters. The molecule has 2 heterocycles. The van der Waals surface area contributed by atoms with Gasteiger partial charge in [-0.1, -0.05) is 0 Å². The lowest BCUT2D eigenvalue weighted by Gasteiger charge is -1.99. The van der Waals surface area contributed by atoms with Crippen molar-refractivity contribution in [3.8, 4) is 0 Å². The minimum Gasteiger partial charge on any atom is -0.303 e. The number of H-pyrrole nitrogens is 1. The zero-order valence-corrected chi connectivity index (χ0v) is 9.18. The van der Waals surface area contributed by atoms with E-state index < -0.39 is 0 Å². The lowest BCUT2D eigenvalue weighted by atomic mass is 10.3. The molecule has 5 nitrogen and oxygen atoms in total. The van der Waals surface area contributed by atoms with Gasteiger partial charge in [-0.3, -0.25) is 9.89 Å². The van der Waals surface area contributed by atoms with Crippen LogP contribution in [0, 0.1) is 13.8 Å². The first-order chi connectivity index (χ1) is 7.18. The lowest BCUT2D eigenvalue weighted by Crippen LogP contribution is -2.13. The van der Waals surface area contributed by atoms with Crippen LogP contribution in [0.1, 0.15) is 21.7 Å². The van der Waals surface area contributed by atoms with Gasteiger partial charge in [0.05, 0.1) is 5.51 Å². The fourth-order valence-electron chi connectivity index (χ4n) is 1.10. The van der Waals surface area contributed by atoms with Gasteiger partial charge >= 0.3 is 0 Å². The molecule has 2 rings (SSSR count). The fraction of sp³-hybridized carbons (Fsp3) is 0.222. The Morgan fingerprint density at radius 2 is 2.33 bits per heavy atom. The molecule has 1 amide bonds. The fourth-order valence-corrected chi connectivity index (χ4v) is 1.64. The van der Waals surface area contributed by atoms with Crippen LogP contribution >= 0.6 is 11.3 Å². The van der Waals surface area contributed by atoms with E-state index in [9.17, 15) is 4.79 Å². The Labute approximate surface area is 90.6 Å². The van der Waals surface area contributed by atoms with Gasteiger partial charge < -0.3 is 5.32 Å². The molecule has 0 bridgehead atoms. The highest BCUT2D eigenvalue weighted by Crippen LogP contribution is 2.14. The van der Waals surface area contributed by atoms with Gasteiger partial charge in [-0.15, -0.1) is 11.3 Å². The number of hydrogen-bond donors (Lipinski definition) is 2. The van der Waals surface area contributed by atoms with Crippen LogP contribution in [0.3, 0.4) is 0 Å². The second-order valence-electron chi connectivity index (χ2n) is 3.15. The highest BCUT2D eigenvalue weighted by Gasteiger charge is 2.12. The highest BCUT2D eigenvalue weighted by molar-refractivity contribution is 7.07. The molecule has 0 spiro atoms. The summed E-state index contributed by atoms with van der Waals surface area (Å²) in [7, 11) is 0. The normalized spacial score (nSPS) is 10.3. The molecular formula is C9H10N4OS. The van der Waals surface area contributed by atoms with Gasteiger partial charge in [0, 0.05) is 16.6 Å². The van der Waals surface area contributed by atoms with Crippen molar-refractivity contribution < 1.29 is 4.79 Å². The topological polar surface area (TPSA) is 70.7 Å². The summed E-state index contributed by atoms with van der Waals surface area (Å²) in [6.07, 6.45) is 0. The van der Waals surface area contributed by atoms with Crippen LogP contribution in [0.15, 0.2) is 10.9 Å². The molecule has 0 saturated heterocycles. The van der Waals surface area contributed by atoms with E-state index in [1.807, 2.05) is 13.8 Å². The monoisotopic (exact) mass is 222 g/mol. The molecule has 2 N–H and O–H groups in total. The van der Waals surface area contributed by atoms with Crippen LogP contribution in [0.4, 0.5) is 5.82 Å². The van der Waals surface area contributed by atoms with E-state index in [4.69, 9.17) is 0 Å². The molecular weight excluding hydrogens is 212 g/mol. The van der Waals surface area contributed by atoms with Gasteiger partial charge in [-0.2, -0.15) is 5.10 Å². The van der Waals surface area contributed by atoms with Crippen LogP contribution in [-0.4, -0.2) is 21.1 Å². The van der Waals surface area contributed by atoms with E-state index >= 15 is 0 Å². The number of rotatable bonds is 2. The third-order valence-electron chi connectivity index (χ3n) is 2.15. The Kier molecular flexibility index (Phi) is 2.51. The molecule has 2 aromatic heterocycles. The minimum atomic E-state index is -0.231. The number of aromatic nitrogens is 3. The average Bonchev–Trinajstić information content (AvgIpc) is 2.83. The Morgan fingerprint density at radius 3 is 2.87 bits per heavy atom. The molecule has 15 heavy (non-hydrogen) atoms.